The van der Waals surface area contributed by atoms with Crippen LogP contribution in [0, 0.1) is 13.8 Å². The van der Waals surface area contributed by atoms with Crippen LogP contribution in [0.25, 0.3) is 11.4 Å². The number of benzene rings is 2. The average Bonchev–Trinajstić information content (AvgIpc) is 3.03. The maximum absolute atomic E-state index is 12.3. The third-order valence-corrected chi connectivity index (χ3v) is 5.70. The van der Waals surface area contributed by atoms with E-state index in [1.807, 2.05) is 25.1 Å². The Morgan fingerprint density at radius 1 is 1.18 bits per heavy atom. The molecule has 0 saturated carbocycles. The molecule has 3 rings (SSSR count). The second-order valence-corrected chi connectivity index (χ2v) is 7.98. The van der Waals surface area contributed by atoms with Gasteiger partial charge in [-0.05, 0) is 61.7 Å². The van der Waals surface area contributed by atoms with Crippen molar-refractivity contribution in [1.29, 1.82) is 0 Å². The highest BCUT2D eigenvalue weighted by atomic mass is 35.5. The molecule has 0 aliphatic carbocycles. The molecule has 3 aromatic rings. The zero-order chi connectivity index (χ0) is 20.3. The molecule has 0 aliphatic heterocycles. The van der Waals surface area contributed by atoms with Crippen molar-refractivity contribution >= 4 is 29.3 Å². The summed E-state index contributed by atoms with van der Waals surface area (Å²) in [4.78, 5) is 12.3. The smallest absolute Gasteiger partial charge is 0.230 e. The minimum atomic E-state index is -0.0910. The molecule has 1 amide bonds. The van der Waals surface area contributed by atoms with Crippen molar-refractivity contribution in [3.05, 3.63) is 64.2 Å². The summed E-state index contributed by atoms with van der Waals surface area (Å²) in [5, 5.41) is 12.3. The van der Waals surface area contributed by atoms with Gasteiger partial charge in [-0.1, -0.05) is 41.6 Å². The normalized spacial score (nSPS) is 12.0. The summed E-state index contributed by atoms with van der Waals surface area (Å²) < 4.78 is 1.38. The van der Waals surface area contributed by atoms with Crippen LogP contribution >= 0.6 is 23.4 Å². The number of hydrogen-bond donors (Lipinski definition) is 2. The predicted octanol–water partition coefficient (Wildman–Crippen LogP) is 3.90. The number of nitrogens with two attached hydrogens (primary N) is 1. The predicted molar refractivity (Wildman–Crippen MR) is 114 cm³/mol. The fraction of sp³-hybridized carbons (Fsp3) is 0.250. The van der Waals surface area contributed by atoms with E-state index in [4.69, 9.17) is 17.4 Å². The van der Waals surface area contributed by atoms with Gasteiger partial charge in [-0.25, -0.2) is 4.68 Å². The maximum atomic E-state index is 12.3. The number of nitrogen functional groups attached to an aromatic ring is 1. The van der Waals surface area contributed by atoms with Gasteiger partial charge in [0.15, 0.2) is 5.82 Å². The van der Waals surface area contributed by atoms with E-state index in [2.05, 4.69) is 41.5 Å². The third-order valence-electron chi connectivity index (χ3n) is 4.51. The number of nitrogens with zero attached hydrogens (tertiary/aromatic N) is 3. The number of aromatic nitrogens is 3. The van der Waals surface area contributed by atoms with E-state index in [0.717, 1.165) is 11.1 Å². The summed E-state index contributed by atoms with van der Waals surface area (Å²) in [5.41, 5.74) is 4.32. The molecule has 6 nitrogen and oxygen atoms in total. The van der Waals surface area contributed by atoms with Gasteiger partial charge in [0.05, 0.1) is 11.8 Å². The number of thioether (sulfide) groups is 1. The first kappa shape index (κ1) is 20.2. The van der Waals surface area contributed by atoms with Crippen LogP contribution in [-0.4, -0.2) is 26.5 Å². The fourth-order valence-electron chi connectivity index (χ4n) is 2.70. The van der Waals surface area contributed by atoms with E-state index in [1.165, 1.54) is 27.6 Å². The topological polar surface area (TPSA) is 85.8 Å². The Bertz CT molecular complexity index is 987. The molecular weight excluding hydrogens is 394 g/mol. The van der Waals surface area contributed by atoms with Gasteiger partial charge in [0, 0.05) is 10.6 Å². The molecule has 3 N–H and O–H groups in total. The highest BCUT2D eigenvalue weighted by molar-refractivity contribution is 7.99. The average molecular weight is 416 g/mol. The molecule has 1 heterocycles. The highest BCUT2D eigenvalue weighted by Crippen LogP contribution is 2.23. The van der Waals surface area contributed by atoms with Crippen LogP contribution in [0.15, 0.2) is 47.6 Å². The molecule has 1 aromatic heterocycles. The van der Waals surface area contributed by atoms with Gasteiger partial charge in [0.25, 0.3) is 0 Å². The quantitative estimate of drug-likeness (QED) is 0.471. The lowest BCUT2D eigenvalue weighted by Crippen LogP contribution is -2.28. The van der Waals surface area contributed by atoms with Gasteiger partial charge in [0.1, 0.15) is 0 Å². The lowest BCUT2D eigenvalue weighted by molar-refractivity contribution is -0.119. The summed E-state index contributed by atoms with van der Waals surface area (Å²) in [7, 11) is 0. The van der Waals surface area contributed by atoms with Crippen LogP contribution in [0.4, 0.5) is 0 Å². The highest BCUT2D eigenvalue weighted by Gasteiger charge is 2.15. The maximum Gasteiger partial charge on any atom is 0.230 e. The fourth-order valence-corrected chi connectivity index (χ4v) is 3.50. The lowest BCUT2D eigenvalue weighted by atomic mass is 10.0. The summed E-state index contributed by atoms with van der Waals surface area (Å²) in [6.45, 7) is 6.10. The van der Waals surface area contributed by atoms with E-state index in [-0.39, 0.29) is 17.7 Å². The van der Waals surface area contributed by atoms with Crippen molar-refractivity contribution in [2.45, 2.75) is 32.0 Å². The van der Waals surface area contributed by atoms with E-state index >= 15 is 0 Å². The van der Waals surface area contributed by atoms with Crippen molar-refractivity contribution < 1.29 is 4.79 Å². The summed E-state index contributed by atoms with van der Waals surface area (Å²) in [6, 6.07) is 13.3. The number of halogens is 1. The van der Waals surface area contributed by atoms with Crippen LogP contribution in [0.5, 0.6) is 0 Å². The Kier molecular flexibility index (Phi) is 6.26. The molecule has 0 bridgehead atoms. The van der Waals surface area contributed by atoms with Gasteiger partial charge in [0.2, 0.25) is 11.1 Å². The van der Waals surface area contributed by atoms with Crippen molar-refractivity contribution in [3.8, 4) is 11.4 Å². The molecule has 0 radical (unpaired) electrons. The zero-order valence-corrected chi connectivity index (χ0v) is 17.5. The van der Waals surface area contributed by atoms with Crippen LogP contribution in [0.1, 0.15) is 29.7 Å². The minimum absolute atomic E-state index is 0.0761. The Balaban J connectivity index is 1.60. The van der Waals surface area contributed by atoms with E-state index < -0.39 is 0 Å². The van der Waals surface area contributed by atoms with Gasteiger partial charge < -0.3 is 11.2 Å². The van der Waals surface area contributed by atoms with Gasteiger partial charge in [-0.2, -0.15) is 0 Å². The van der Waals surface area contributed by atoms with Crippen LogP contribution < -0.4 is 11.2 Å². The third kappa shape index (κ3) is 4.66. The van der Waals surface area contributed by atoms with Crippen molar-refractivity contribution in [2.75, 3.05) is 11.6 Å². The number of hydrogen-bond acceptors (Lipinski definition) is 5. The largest absolute Gasteiger partial charge is 0.349 e. The second-order valence-electron chi connectivity index (χ2n) is 6.60. The number of carbonyl (C=O) groups is 1. The molecule has 2 aromatic carbocycles. The molecule has 146 valence electrons. The molecule has 28 heavy (non-hydrogen) atoms. The molecule has 0 spiro atoms. The SMILES string of the molecule is Cc1ccc([C@H](C)NC(=O)CSc2nnc(-c3ccc(Cl)cc3)n2N)cc1C. The molecule has 0 unspecified atom stereocenters. The molecular formula is C20H22ClN5OS. The molecule has 0 saturated heterocycles. The Labute approximate surface area is 173 Å². The molecule has 1 atom stereocenters. The first-order chi connectivity index (χ1) is 13.3. The van der Waals surface area contributed by atoms with E-state index in [1.54, 1.807) is 12.1 Å². The standard InChI is InChI=1S/C20H22ClN5OS/c1-12-4-5-16(10-13(12)2)14(3)23-18(27)11-28-20-25-24-19(26(20)22)15-6-8-17(21)9-7-15/h4-10,14H,11,22H2,1-3H3,(H,23,27)/t14-/m0/s1. The van der Waals surface area contributed by atoms with E-state index in [0.29, 0.717) is 16.0 Å². The summed E-state index contributed by atoms with van der Waals surface area (Å²) in [5.74, 6) is 6.71. The van der Waals surface area contributed by atoms with Crippen molar-refractivity contribution in [3.63, 3.8) is 0 Å². The zero-order valence-electron chi connectivity index (χ0n) is 15.9. The van der Waals surface area contributed by atoms with Crippen LogP contribution in [0.3, 0.4) is 0 Å². The molecule has 8 heteroatoms. The minimum Gasteiger partial charge on any atom is -0.349 e. The number of carbonyl (C=O) groups excluding carboxylic acids is 1. The summed E-state index contributed by atoms with van der Waals surface area (Å²) >= 11 is 7.15. The Morgan fingerprint density at radius 3 is 2.57 bits per heavy atom. The Morgan fingerprint density at radius 2 is 1.89 bits per heavy atom. The number of nitrogens with one attached hydrogen (secondary N) is 1. The van der Waals surface area contributed by atoms with Gasteiger partial charge in [-0.15, -0.1) is 10.2 Å². The van der Waals surface area contributed by atoms with E-state index in [9.17, 15) is 4.79 Å². The Hall–Kier alpha value is -2.51. The van der Waals surface area contributed by atoms with Gasteiger partial charge in [-0.3, -0.25) is 4.79 Å². The van der Waals surface area contributed by atoms with Crippen molar-refractivity contribution in [2.24, 2.45) is 0 Å². The number of rotatable bonds is 6. The number of aryl methyl sites for hydroxylation is 2. The van der Waals surface area contributed by atoms with Crippen LogP contribution in [-0.2, 0) is 4.79 Å². The van der Waals surface area contributed by atoms with Gasteiger partial charge >= 0.3 is 0 Å². The molecule has 0 fully saturated rings. The number of amides is 1. The molecule has 0 aliphatic rings. The first-order valence-electron chi connectivity index (χ1n) is 8.81. The monoisotopic (exact) mass is 415 g/mol. The summed E-state index contributed by atoms with van der Waals surface area (Å²) in [6.07, 6.45) is 0. The lowest BCUT2D eigenvalue weighted by Gasteiger charge is -2.15. The van der Waals surface area contributed by atoms with Crippen molar-refractivity contribution in [1.82, 2.24) is 20.2 Å². The van der Waals surface area contributed by atoms with Crippen LogP contribution in [0.2, 0.25) is 5.02 Å². The first-order valence-corrected chi connectivity index (χ1v) is 10.2. The second kappa shape index (κ2) is 8.67.